The number of hydrogen-bond acceptors (Lipinski definition) is 2. The molecule has 0 fully saturated rings. The van der Waals surface area contributed by atoms with Crippen LogP contribution in [0, 0.1) is 0 Å². The molecule has 0 amide bonds. The minimum Gasteiger partial charge on any atom is -0.504 e. The maximum atomic E-state index is 11.0. The zero-order valence-electron chi connectivity index (χ0n) is 5.34. The van der Waals surface area contributed by atoms with E-state index in [4.69, 9.17) is 5.11 Å². The third-order valence-corrected chi connectivity index (χ3v) is 2.23. The first-order chi connectivity index (χ1) is 5.11. The van der Waals surface area contributed by atoms with E-state index >= 15 is 0 Å². The van der Waals surface area contributed by atoms with Crippen molar-refractivity contribution in [3.8, 4) is 5.75 Å². The van der Waals surface area contributed by atoms with Crippen molar-refractivity contribution in [3.63, 3.8) is 0 Å². The first kappa shape index (κ1) is 8.74. The zero-order valence-corrected chi connectivity index (χ0v) is 8.52. The standard InChI is InChI=1S/C7H4Br2O2/c8-4-1-2-5(9)7(11)6(10)3-4/h1-3H,(H,10,11). The topological polar surface area (TPSA) is 37.3 Å². The molecule has 0 aromatic heterocycles. The molecule has 2 nitrogen and oxygen atoms in total. The normalized spacial score (nSPS) is 9.64. The molecule has 0 radical (unpaired) electrons. The molecule has 4 heteroatoms. The van der Waals surface area contributed by atoms with Gasteiger partial charge in [0.15, 0.2) is 5.75 Å². The molecule has 1 N–H and O–H groups in total. The zero-order chi connectivity index (χ0) is 8.43. The van der Waals surface area contributed by atoms with Gasteiger partial charge in [-0.3, -0.25) is 4.79 Å². The van der Waals surface area contributed by atoms with Crippen molar-refractivity contribution in [3.05, 3.63) is 37.4 Å². The number of hydrogen-bond donors (Lipinski definition) is 1. The Morgan fingerprint density at radius 1 is 1.27 bits per heavy atom. The summed E-state index contributed by atoms with van der Waals surface area (Å²) < 4.78 is 1.01. The summed E-state index contributed by atoms with van der Waals surface area (Å²) in [6, 6.07) is 4.60. The number of rotatable bonds is 0. The van der Waals surface area contributed by atoms with Crippen molar-refractivity contribution in [1.29, 1.82) is 0 Å². The summed E-state index contributed by atoms with van der Waals surface area (Å²) in [5.41, 5.74) is -0.407. The van der Waals surface area contributed by atoms with Gasteiger partial charge in [-0.2, -0.15) is 0 Å². The Morgan fingerprint density at radius 3 is 2.55 bits per heavy atom. The van der Waals surface area contributed by atoms with Crippen LogP contribution in [0.1, 0.15) is 0 Å². The van der Waals surface area contributed by atoms with Gasteiger partial charge in [-0.05, 0) is 34.1 Å². The average molecular weight is 280 g/mol. The highest BCUT2D eigenvalue weighted by Gasteiger charge is 1.98. The van der Waals surface area contributed by atoms with Crippen LogP contribution in [-0.2, 0) is 0 Å². The van der Waals surface area contributed by atoms with Crippen LogP contribution >= 0.6 is 31.9 Å². The van der Waals surface area contributed by atoms with Gasteiger partial charge in [0.05, 0.1) is 4.47 Å². The first-order valence-electron chi connectivity index (χ1n) is 2.79. The lowest BCUT2D eigenvalue weighted by atomic mass is 10.5. The van der Waals surface area contributed by atoms with Gasteiger partial charge in [-0.25, -0.2) is 0 Å². The highest BCUT2D eigenvalue weighted by molar-refractivity contribution is 9.11. The third kappa shape index (κ3) is 2.04. The fourth-order valence-electron chi connectivity index (χ4n) is 0.595. The van der Waals surface area contributed by atoms with Crippen molar-refractivity contribution in [1.82, 2.24) is 0 Å². The second-order valence-electron chi connectivity index (χ2n) is 1.92. The molecule has 58 valence electrons. The van der Waals surface area contributed by atoms with Gasteiger partial charge in [0.1, 0.15) is 0 Å². The summed E-state index contributed by atoms with van der Waals surface area (Å²) >= 11 is 6.16. The summed E-state index contributed by atoms with van der Waals surface area (Å²) in [5, 5.41) is 9.07. The van der Waals surface area contributed by atoms with Crippen LogP contribution in [0.4, 0.5) is 0 Å². The molecule has 11 heavy (non-hydrogen) atoms. The second-order valence-corrected chi connectivity index (χ2v) is 3.69. The Morgan fingerprint density at radius 2 is 1.91 bits per heavy atom. The van der Waals surface area contributed by atoms with Crippen LogP contribution in [0.2, 0.25) is 0 Å². The van der Waals surface area contributed by atoms with E-state index in [1.165, 1.54) is 6.07 Å². The molecule has 0 aliphatic carbocycles. The summed E-state index contributed by atoms with van der Waals surface area (Å²) in [6.07, 6.45) is 0. The van der Waals surface area contributed by atoms with Crippen molar-refractivity contribution in [2.75, 3.05) is 0 Å². The minimum absolute atomic E-state index is 0.270. The highest BCUT2D eigenvalue weighted by atomic mass is 79.9. The highest BCUT2D eigenvalue weighted by Crippen LogP contribution is 2.14. The maximum Gasteiger partial charge on any atom is 0.234 e. The average Bonchev–Trinajstić information content (AvgIpc) is 2.05. The van der Waals surface area contributed by atoms with Crippen LogP contribution in [-0.4, -0.2) is 5.11 Å². The lowest BCUT2D eigenvalue weighted by Crippen LogP contribution is -1.95. The van der Waals surface area contributed by atoms with Gasteiger partial charge in [0.25, 0.3) is 0 Å². The second kappa shape index (κ2) is 3.36. The van der Waals surface area contributed by atoms with E-state index in [1.807, 2.05) is 0 Å². The molecule has 0 spiro atoms. The maximum absolute atomic E-state index is 11.0. The first-order valence-corrected chi connectivity index (χ1v) is 4.38. The predicted octanol–water partition coefficient (Wildman–Crippen LogP) is 2.28. The van der Waals surface area contributed by atoms with E-state index in [2.05, 4.69) is 31.9 Å². The smallest absolute Gasteiger partial charge is 0.234 e. The monoisotopic (exact) mass is 278 g/mol. The van der Waals surface area contributed by atoms with Gasteiger partial charge in [-0.1, -0.05) is 15.9 Å². The Hall–Kier alpha value is -0.350. The molecule has 0 aliphatic rings. The predicted molar refractivity (Wildman–Crippen MR) is 49.8 cm³/mol. The molecule has 0 unspecified atom stereocenters. The molecule has 1 aromatic carbocycles. The molecule has 1 rings (SSSR count). The van der Waals surface area contributed by atoms with E-state index in [-0.39, 0.29) is 5.75 Å². The van der Waals surface area contributed by atoms with Crippen LogP contribution in [0.5, 0.6) is 5.75 Å². The van der Waals surface area contributed by atoms with Crippen molar-refractivity contribution < 1.29 is 5.11 Å². The van der Waals surface area contributed by atoms with Crippen molar-refractivity contribution in [2.24, 2.45) is 0 Å². The van der Waals surface area contributed by atoms with Crippen LogP contribution in [0.3, 0.4) is 0 Å². The lowest BCUT2D eigenvalue weighted by molar-refractivity contribution is 0.470. The quantitative estimate of drug-likeness (QED) is 0.791. The SMILES string of the molecule is O=c1c(O)cc(Br)ccc1Br. The molecule has 0 heterocycles. The molecule has 0 aliphatic heterocycles. The molecular formula is C7H4Br2O2. The lowest BCUT2D eigenvalue weighted by Gasteiger charge is -1.81. The fourth-order valence-corrected chi connectivity index (χ4v) is 1.28. The largest absolute Gasteiger partial charge is 0.504 e. The Kier molecular flexibility index (Phi) is 2.67. The van der Waals surface area contributed by atoms with Gasteiger partial charge < -0.3 is 5.11 Å². The minimum atomic E-state index is -0.407. The summed E-state index contributed by atoms with van der Waals surface area (Å²) in [7, 11) is 0. The van der Waals surface area contributed by atoms with Crippen molar-refractivity contribution >= 4 is 31.9 Å². The molecular weight excluding hydrogens is 276 g/mol. The Labute approximate surface area is 80.1 Å². The van der Waals surface area contributed by atoms with Gasteiger partial charge in [-0.15, -0.1) is 0 Å². The molecule has 0 saturated carbocycles. The van der Waals surface area contributed by atoms with Crippen molar-refractivity contribution in [2.45, 2.75) is 0 Å². The van der Waals surface area contributed by atoms with E-state index in [9.17, 15) is 4.79 Å². The van der Waals surface area contributed by atoms with Crippen LogP contribution in [0.15, 0.2) is 31.9 Å². The number of halogens is 2. The summed E-state index contributed by atoms with van der Waals surface area (Å²) in [5.74, 6) is -0.270. The Balaban J connectivity index is 3.57. The summed E-state index contributed by atoms with van der Waals surface area (Å²) in [6.45, 7) is 0. The Bertz CT molecular complexity index is 336. The van der Waals surface area contributed by atoms with Gasteiger partial charge >= 0.3 is 0 Å². The molecule has 0 atom stereocenters. The molecule has 0 saturated heterocycles. The fraction of sp³-hybridized carbons (Fsp3) is 0. The van der Waals surface area contributed by atoms with E-state index in [1.54, 1.807) is 12.1 Å². The van der Waals surface area contributed by atoms with E-state index in [0.717, 1.165) is 0 Å². The van der Waals surface area contributed by atoms with Crippen LogP contribution in [0.25, 0.3) is 0 Å². The van der Waals surface area contributed by atoms with E-state index < -0.39 is 5.43 Å². The van der Waals surface area contributed by atoms with Gasteiger partial charge in [0.2, 0.25) is 5.43 Å². The van der Waals surface area contributed by atoms with E-state index in [0.29, 0.717) is 8.95 Å². The van der Waals surface area contributed by atoms with Crippen LogP contribution < -0.4 is 5.43 Å². The molecule has 0 bridgehead atoms. The third-order valence-electron chi connectivity index (χ3n) is 1.11. The molecule has 1 aromatic rings. The summed E-state index contributed by atoms with van der Waals surface area (Å²) in [4.78, 5) is 11.0. The number of aromatic hydroxyl groups is 1. The van der Waals surface area contributed by atoms with Gasteiger partial charge in [0, 0.05) is 4.47 Å².